The van der Waals surface area contributed by atoms with Crippen molar-refractivity contribution in [1.82, 2.24) is 4.98 Å². The Labute approximate surface area is 53.2 Å². The van der Waals surface area contributed by atoms with E-state index in [-0.39, 0.29) is 5.43 Å². The van der Waals surface area contributed by atoms with Crippen LogP contribution in [0.5, 0.6) is 0 Å². The molecule has 1 aromatic heterocycles. The Morgan fingerprint density at radius 2 is 2.33 bits per heavy atom. The van der Waals surface area contributed by atoms with Crippen LogP contribution in [-0.2, 0) is 0 Å². The van der Waals surface area contributed by atoms with Gasteiger partial charge in [-0.3, -0.25) is 9.78 Å². The van der Waals surface area contributed by atoms with Crippen LogP contribution in [0.4, 0.5) is 0 Å². The third-order valence-electron chi connectivity index (χ3n) is 1.10. The third-order valence-corrected chi connectivity index (χ3v) is 1.10. The fraction of sp³-hybridized carbons (Fsp3) is 0.143. The van der Waals surface area contributed by atoms with Crippen molar-refractivity contribution < 1.29 is 0 Å². The molecule has 0 aliphatic rings. The van der Waals surface area contributed by atoms with E-state index in [4.69, 9.17) is 0 Å². The summed E-state index contributed by atoms with van der Waals surface area (Å²) in [4.78, 5) is 14.5. The Balaban J connectivity index is 3.42. The minimum absolute atomic E-state index is 0.0139. The van der Waals surface area contributed by atoms with Crippen LogP contribution < -0.4 is 5.43 Å². The number of aromatic nitrogens is 1. The Kier molecular flexibility index (Phi) is 1.58. The molecule has 0 aliphatic heterocycles. The molecule has 0 N–H and O–H groups in total. The van der Waals surface area contributed by atoms with E-state index in [1.807, 2.05) is 0 Å². The molecule has 0 radical (unpaired) electrons. The summed E-state index contributed by atoms with van der Waals surface area (Å²) in [6.07, 6.45) is 2.91. The predicted molar refractivity (Wildman–Crippen MR) is 35.2 cm³/mol. The molecule has 2 heteroatoms. The smallest absolute Gasteiger partial charge is 0.199 e. The van der Waals surface area contributed by atoms with Crippen LogP contribution in [0.15, 0.2) is 29.3 Å². The van der Waals surface area contributed by atoms with E-state index in [2.05, 4.69) is 4.98 Å². The fourth-order valence-electron chi connectivity index (χ4n) is 0.532. The Morgan fingerprint density at radius 1 is 1.56 bits per heavy atom. The second-order valence-electron chi connectivity index (χ2n) is 1.83. The average molecular weight is 121 g/mol. The van der Waals surface area contributed by atoms with E-state index in [1.54, 1.807) is 25.3 Å². The van der Waals surface area contributed by atoms with Crippen molar-refractivity contribution in [2.45, 2.75) is 6.92 Å². The molecule has 0 saturated heterocycles. The van der Waals surface area contributed by atoms with Crippen LogP contribution in [0.3, 0.4) is 0 Å². The van der Waals surface area contributed by atoms with E-state index >= 15 is 0 Å². The number of nitrogens with zero attached hydrogens (tertiary/aromatic N) is 1. The summed E-state index contributed by atoms with van der Waals surface area (Å²) >= 11 is 0. The molecule has 0 saturated carbocycles. The maximum Gasteiger partial charge on any atom is 0.199 e. The molecule has 0 spiro atoms. The topological polar surface area (TPSA) is 30.0 Å². The van der Waals surface area contributed by atoms with Gasteiger partial charge in [0.15, 0.2) is 5.43 Å². The quantitative estimate of drug-likeness (QED) is 0.507. The lowest BCUT2D eigenvalue weighted by Crippen LogP contribution is -1.97. The number of hydrogen-bond acceptors (Lipinski definition) is 2. The van der Waals surface area contributed by atoms with Crippen molar-refractivity contribution in [3.05, 3.63) is 40.3 Å². The standard InChI is InChI=1S/C7H7NO/c1-6-3-2-4-8-5-7(6)9/h2-5H,1H3. The van der Waals surface area contributed by atoms with Gasteiger partial charge in [-0.25, -0.2) is 0 Å². The molecular weight excluding hydrogens is 114 g/mol. The van der Waals surface area contributed by atoms with Crippen molar-refractivity contribution in [2.24, 2.45) is 0 Å². The zero-order valence-electron chi connectivity index (χ0n) is 5.16. The lowest BCUT2D eigenvalue weighted by atomic mass is 10.3. The SMILES string of the molecule is Cc1cccncc1=O. The van der Waals surface area contributed by atoms with E-state index < -0.39 is 0 Å². The molecule has 0 aliphatic carbocycles. The Bertz CT molecular complexity index is 257. The molecule has 0 fully saturated rings. The van der Waals surface area contributed by atoms with Crippen molar-refractivity contribution in [3.63, 3.8) is 0 Å². The summed E-state index contributed by atoms with van der Waals surface area (Å²) in [5.74, 6) is 0. The van der Waals surface area contributed by atoms with Gasteiger partial charge in [0.2, 0.25) is 0 Å². The van der Waals surface area contributed by atoms with Gasteiger partial charge in [-0.1, -0.05) is 6.07 Å². The van der Waals surface area contributed by atoms with Crippen LogP contribution in [0.25, 0.3) is 0 Å². The Morgan fingerprint density at radius 3 is 3.11 bits per heavy atom. The molecule has 0 aromatic carbocycles. The molecule has 0 bridgehead atoms. The van der Waals surface area contributed by atoms with Crippen LogP contribution in [-0.4, -0.2) is 4.98 Å². The predicted octanol–water partition coefficient (Wildman–Crippen LogP) is 0.750. The van der Waals surface area contributed by atoms with Crippen molar-refractivity contribution in [3.8, 4) is 0 Å². The highest BCUT2D eigenvalue weighted by Gasteiger charge is 1.83. The first-order chi connectivity index (χ1) is 4.30. The number of hydrogen-bond donors (Lipinski definition) is 0. The molecule has 1 aromatic rings. The van der Waals surface area contributed by atoms with Crippen molar-refractivity contribution in [2.75, 3.05) is 0 Å². The van der Waals surface area contributed by atoms with Crippen LogP contribution >= 0.6 is 0 Å². The van der Waals surface area contributed by atoms with Gasteiger partial charge in [0, 0.05) is 6.20 Å². The second kappa shape index (κ2) is 2.40. The van der Waals surface area contributed by atoms with Gasteiger partial charge < -0.3 is 0 Å². The van der Waals surface area contributed by atoms with Crippen molar-refractivity contribution in [1.29, 1.82) is 0 Å². The summed E-state index contributed by atoms with van der Waals surface area (Å²) in [5.41, 5.74) is 0.715. The fourth-order valence-corrected chi connectivity index (χ4v) is 0.532. The average Bonchev–Trinajstić information content (AvgIpc) is 1.99. The molecule has 0 amide bonds. The van der Waals surface area contributed by atoms with Gasteiger partial charge >= 0.3 is 0 Å². The lowest BCUT2D eigenvalue weighted by molar-refractivity contribution is 1.32. The van der Waals surface area contributed by atoms with Gasteiger partial charge in [-0.05, 0) is 18.6 Å². The van der Waals surface area contributed by atoms with E-state index in [1.165, 1.54) is 6.20 Å². The highest BCUT2D eigenvalue weighted by molar-refractivity contribution is 5.07. The molecule has 2 nitrogen and oxygen atoms in total. The summed E-state index contributed by atoms with van der Waals surface area (Å²) in [6.45, 7) is 1.77. The molecular formula is C7H7NO. The molecule has 46 valence electrons. The van der Waals surface area contributed by atoms with Crippen LogP contribution in [0, 0.1) is 6.92 Å². The molecule has 0 atom stereocenters. The Hall–Kier alpha value is -1.18. The normalized spacial score (nSPS) is 9.00. The van der Waals surface area contributed by atoms with E-state index in [0.29, 0.717) is 0 Å². The summed E-state index contributed by atoms with van der Waals surface area (Å²) in [6, 6.07) is 3.49. The van der Waals surface area contributed by atoms with Gasteiger partial charge in [0.05, 0.1) is 6.20 Å². The summed E-state index contributed by atoms with van der Waals surface area (Å²) in [5, 5.41) is 0. The highest BCUT2D eigenvalue weighted by Crippen LogP contribution is 1.81. The lowest BCUT2D eigenvalue weighted by Gasteiger charge is -1.73. The van der Waals surface area contributed by atoms with E-state index in [9.17, 15) is 4.79 Å². The minimum Gasteiger partial charge on any atom is -0.288 e. The van der Waals surface area contributed by atoms with Crippen molar-refractivity contribution >= 4 is 0 Å². The maximum absolute atomic E-state index is 10.8. The van der Waals surface area contributed by atoms with Gasteiger partial charge in [0.25, 0.3) is 0 Å². The zero-order chi connectivity index (χ0) is 6.69. The minimum atomic E-state index is -0.0139. The van der Waals surface area contributed by atoms with E-state index in [0.717, 1.165) is 5.56 Å². The molecule has 1 heterocycles. The first-order valence-electron chi connectivity index (χ1n) is 2.71. The molecule has 1 rings (SSSR count). The monoisotopic (exact) mass is 121 g/mol. The van der Waals surface area contributed by atoms with Crippen LogP contribution in [0.1, 0.15) is 5.56 Å². The maximum atomic E-state index is 10.8. The number of aryl methyl sites for hydroxylation is 1. The third kappa shape index (κ3) is 1.35. The highest BCUT2D eigenvalue weighted by atomic mass is 16.1. The second-order valence-corrected chi connectivity index (χ2v) is 1.83. The van der Waals surface area contributed by atoms with Gasteiger partial charge in [-0.2, -0.15) is 0 Å². The first-order valence-corrected chi connectivity index (χ1v) is 2.71. The molecule has 0 unspecified atom stereocenters. The molecule has 9 heavy (non-hydrogen) atoms. The van der Waals surface area contributed by atoms with Gasteiger partial charge in [0.1, 0.15) is 0 Å². The zero-order valence-corrected chi connectivity index (χ0v) is 5.16. The first kappa shape index (κ1) is 5.95. The largest absolute Gasteiger partial charge is 0.288 e. The van der Waals surface area contributed by atoms with Crippen LogP contribution in [0.2, 0.25) is 0 Å². The summed E-state index contributed by atoms with van der Waals surface area (Å²) < 4.78 is 0. The van der Waals surface area contributed by atoms with Gasteiger partial charge in [-0.15, -0.1) is 0 Å². The number of rotatable bonds is 0. The summed E-state index contributed by atoms with van der Waals surface area (Å²) in [7, 11) is 0.